The van der Waals surface area contributed by atoms with E-state index in [1.165, 1.54) is 11.8 Å². The molecule has 2 N–H and O–H groups in total. The number of hydrogen-bond acceptors (Lipinski definition) is 5. The van der Waals surface area contributed by atoms with Gasteiger partial charge in [0.2, 0.25) is 5.91 Å². The molecule has 0 radical (unpaired) electrons. The lowest BCUT2D eigenvalue weighted by Gasteiger charge is -2.16. The van der Waals surface area contributed by atoms with E-state index in [1.54, 1.807) is 24.3 Å². The monoisotopic (exact) mass is 434 g/mol. The van der Waals surface area contributed by atoms with E-state index in [9.17, 15) is 9.59 Å². The predicted molar refractivity (Wildman–Crippen MR) is 124 cm³/mol. The Morgan fingerprint density at radius 2 is 1.55 bits per heavy atom. The molecule has 1 heterocycles. The molecule has 0 fully saturated rings. The molecule has 0 aliphatic heterocycles. The van der Waals surface area contributed by atoms with Crippen molar-refractivity contribution in [3.63, 3.8) is 0 Å². The molecule has 7 heteroatoms. The molecule has 1 aromatic heterocycles. The maximum absolute atomic E-state index is 12.8. The first-order chi connectivity index (χ1) is 14.8. The molecule has 0 aliphatic carbocycles. The van der Waals surface area contributed by atoms with Crippen molar-refractivity contribution in [3.8, 4) is 0 Å². The van der Waals surface area contributed by atoms with E-state index < -0.39 is 0 Å². The molecule has 2 amide bonds. The van der Waals surface area contributed by atoms with Crippen molar-refractivity contribution in [3.05, 3.63) is 82.7 Å². The Morgan fingerprint density at radius 1 is 0.935 bits per heavy atom. The summed E-state index contributed by atoms with van der Waals surface area (Å²) in [6.07, 6.45) is 0. The third-order valence-electron chi connectivity index (χ3n) is 5.04. The van der Waals surface area contributed by atoms with E-state index in [4.69, 9.17) is 0 Å². The van der Waals surface area contributed by atoms with Gasteiger partial charge < -0.3 is 10.6 Å². The Morgan fingerprint density at radius 3 is 2.23 bits per heavy atom. The minimum atomic E-state index is -0.243. The summed E-state index contributed by atoms with van der Waals surface area (Å²) >= 11 is 1.27. The topological polar surface area (TPSA) is 84.0 Å². The maximum Gasteiger partial charge on any atom is 0.253 e. The maximum atomic E-state index is 12.8. The van der Waals surface area contributed by atoms with Gasteiger partial charge in [-0.3, -0.25) is 9.59 Å². The minimum absolute atomic E-state index is 0.151. The first-order valence-electron chi connectivity index (χ1n) is 10.0. The van der Waals surface area contributed by atoms with E-state index >= 15 is 0 Å². The lowest BCUT2D eigenvalue weighted by Crippen LogP contribution is -2.28. The van der Waals surface area contributed by atoms with Gasteiger partial charge in [0.15, 0.2) is 5.16 Å². The van der Waals surface area contributed by atoms with Crippen LogP contribution in [0.5, 0.6) is 0 Å². The summed E-state index contributed by atoms with van der Waals surface area (Å²) in [5.41, 5.74) is 4.77. The van der Waals surface area contributed by atoms with E-state index in [2.05, 4.69) is 20.6 Å². The van der Waals surface area contributed by atoms with Crippen molar-refractivity contribution in [1.29, 1.82) is 0 Å². The highest BCUT2D eigenvalue weighted by molar-refractivity contribution is 7.99. The van der Waals surface area contributed by atoms with Crippen molar-refractivity contribution in [2.75, 3.05) is 11.1 Å². The fraction of sp³-hybridized carbons (Fsp3) is 0.250. The molecular weight excluding hydrogens is 408 g/mol. The number of rotatable bonds is 7. The fourth-order valence-electron chi connectivity index (χ4n) is 3.01. The van der Waals surface area contributed by atoms with E-state index in [-0.39, 0.29) is 23.6 Å². The van der Waals surface area contributed by atoms with Crippen LogP contribution in [0.1, 0.15) is 45.8 Å². The molecule has 2 aromatic carbocycles. The van der Waals surface area contributed by atoms with Crippen molar-refractivity contribution in [2.45, 2.75) is 38.9 Å². The number of para-hydroxylation sites is 1. The summed E-state index contributed by atoms with van der Waals surface area (Å²) in [5.74, 6) is -0.313. The molecule has 0 spiro atoms. The molecule has 1 atom stereocenters. The molecular formula is C24H26N4O2S. The number of anilines is 1. The highest BCUT2D eigenvalue weighted by Crippen LogP contribution is 2.20. The lowest BCUT2D eigenvalue weighted by atomic mass is 10.1. The SMILES string of the molecule is Cc1nc(SCC(=O)Nc2ccccc2C(=O)NC(C)c2ccccc2)nc(C)c1C. The predicted octanol–water partition coefficient (Wildman–Crippen LogP) is 4.62. The number of carbonyl (C=O) groups excluding carboxylic acids is 2. The fourth-order valence-corrected chi connectivity index (χ4v) is 3.75. The van der Waals surface area contributed by atoms with Crippen LogP contribution in [0.2, 0.25) is 0 Å². The van der Waals surface area contributed by atoms with Crippen LogP contribution in [0.3, 0.4) is 0 Å². The zero-order valence-corrected chi connectivity index (χ0v) is 18.9. The average Bonchev–Trinajstić information content (AvgIpc) is 2.76. The van der Waals surface area contributed by atoms with Crippen molar-refractivity contribution in [1.82, 2.24) is 15.3 Å². The number of amides is 2. The number of thioether (sulfide) groups is 1. The first kappa shape index (κ1) is 22.5. The van der Waals surface area contributed by atoms with Crippen molar-refractivity contribution in [2.24, 2.45) is 0 Å². The molecule has 6 nitrogen and oxygen atoms in total. The van der Waals surface area contributed by atoms with Crippen LogP contribution in [0.15, 0.2) is 59.8 Å². The van der Waals surface area contributed by atoms with Gasteiger partial charge in [-0.1, -0.05) is 54.2 Å². The highest BCUT2D eigenvalue weighted by atomic mass is 32.2. The highest BCUT2D eigenvalue weighted by Gasteiger charge is 2.16. The summed E-state index contributed by atoms with van der Waals surface area (Å²) < 4.78 is 0. The minimum Gasteiger partial charge on any atom is -0.345 e. The third-order valence-corrected chi connectivity index (χ3v) is 5.88. The average molecular weight is 435 g/mol. The summed E-state index contributed by atoms with van der Waals surface area (Å²) in [5, 5.41) is 6.39. The second kappa shape index (κ2) is 10.2. The summed E-state index contributed by atoms with van der Waals surface area (Å²) in [4.78, 5) is 34.2. The second-order valence-corrected chi connectivity index (χ2v) is 8.23. The molecule has 31 heavy (non-hydrogen) atoms. The standard InChI is InChI=1S/C24H26N4O2S/c1-15-16(2)26-24(27-17(15)3)31-14-22(29)28-21-13-9-8-12-20(21)23(30)25-18(4)19-10-6-5-7-11-19/h5-13,18H,14H2,1-4H3,(H,25,30)(H,28,29). The van der Waals surface area contributed by atoms with E-state index in [0.717, 1.165) is 22.5 Å². The van der Waals surface area contributed by atoms with Gasteiger partial charge in [0.1, 0.15) is 0 Å². The van der Waals surface area contributed by atoms with Crippen LogP contribution in [0.4, 0.5) is 5.69 Å². The van der Waals surface area contributed by atoms with Crippen LogP contribution in [0.25, 0.3) is 0 Å². The Kier molecular flexibility index (Phi) is 7.41. The lowest BCUT2D eigenvalue weighted by molar-refractivity contribution is -0.113. The molecule has 0 aliphatic rings. The van der Waals surface area contributed by atoms with Gasteiger partial charge in [0.05, 0.1) is 23.0 Å². The Labute approximate surface area is 186 Å². The molecule has 160 valence electrons. The van der Waals surface area contributed by atoms with Crippen LogP contribution >= 0.6 is 11.8 Å². The zero-order valence-electron chi connectivity index (χ0n) is 18.1. The number of hydrogen-bond donors (Lipinski definition) is 2. The van der Waals surface area contributed by atoms with Crippen LogP contribution < -0.4 is 10.6 Å². The Bertz CT molecular complexity index is 1060. The summed E-state index contributed by atoms with van der Waals surface area (Å²) in [6, 6.07) is 16.6. The van der Waals surface area contributed by atoms with Crippen molar-refractivity contribution < 1.29 is 9.59 Å². The van der Waals surface area contributed by atoms with Gasteiger partial charge in [-0.15, -0.1) is 0 Å². The Balaban J connectivity index is 1.64. The molecule has 0 bridgehead atoms. The van der Waals surface area contributed by atoms with Crippen LogP contribution in [0, 0.1) is 20.8 Å². The van der Waals surface area contributed by atoms with Gasteiger partial charge in [0.25, 0.3) is 5.91 Å². The van der Waals surface area contributed by atoms with Gasteiger partial charge in [-0.25, -0.2) is 9.97 Å². The van der Waals surface area contributed by atoms with Crippen LogP contribution in [-0.4, -0.2) is 27.5 Å². The first-order valence-corrected chi connectivity index (χ1v) is 11.0. The van der Waals surface area contributed by atoms with Gasteiger partial charge in [0, 0.05) is 11.4 Å². The number of aryl methyl sites for hydroxylation is 2. The number of nitrogens with one attached hydrogen (secondary N) is 2. The normalized spacial score (nSPS) is 11.6. The third kappa shape index (κ3) is 5.92. The molecule has 1 unspecified atom stereocenters. The Hall–Kier alpha value is -3.19. The molecule has 0 saturated carbocycles. The largest absolute Gasteiger partial charge is 0.345 e. The number of carbonyl (C=O) groups is 2. The van der Waals surface area contributed by atoms with Gasteiger partial charge in [-0.2, -0.15) is 0 Å². The number of nitrogens with zero attached hydrogens (tertiary/aromatic N) is 2. The quantitative estimate of drug-likeness (QED) is 0.419. The van der Waals surface area contributed by atoms with Crippen molar-refractivity contribution >= 4 is 29.3 Å². The second-order valence-electron chi connectivity index (χ2n) is 7.29. The molecule has 0 saturated heterocycles. The van der Waals surface area contributed by atoms with Crippen LogP contribution in [-0.2, 0) is 4.79 Å². The van der Waals surface area contributed by atoms with E-state index in [0.29, 0.717) is 16.4 Å². The summed E-state index contributed by atoms with van der Waals surface area (Å²) in [6.45, 7) is 7.77. The number of benzene rings is 2. The van der Waals surface area contributed by atoms with Gasteiger partial charge in [-0.05, 0) is 51.0 Å². The van der Waals surface area contributed by atoms with Gasteiger partial charge >= 0.3 is 0 Å². The van der Waals surface area contributed by atoms with E-state index in [1.807, 2.05) is 58.0 Å². The summed E-state index contributed by atoms with van der Waals surface area (Å²) in [7, 11) is 0. The molecule has 3 aromatic rings. The number of aromatic nitrogens is 2. The smallest absolute Gasteiger partial charge is 0.253 e. The molecule has 3 rings (SSSR count). The zero-order chi connectivity index (χ0) is 22.4.